The Morgan fingerprint density at radius 1 is 0.975 bits per heavy atom. The van der Waals surface area contributed by atoms with Crippen LogP contribution in [0.15, 0.2) is 66.9 Å². The number of benzene rings is 3. The third-order valence-electron chi connectivity index (χ3n) is 6.51. The van der Waals surface area contributed by atoms with Crippen molar-refractivity contribution in [2.45, 2.75) is 19.2 Å². The number of nitrogens with one attached hydrogen (secondary N) is 4. The SMILES string of the molecule is O=C(Nc1ccc(-c2cc(C(=O)NCCN3CCCC3)cc3[nH]ncc23)cc1)Nc1cccc(OC(F)(F)F)c1. The number of urea groups is 1. The Morgan fingerprint density at radius 3 is 2.48 bits per heavy atom. The summed E-state index contributed by atoms with van der Waals surface area (Å²) in [4.78, 5) is 27.7. The number of H-pyrrole nitrogens is 1. The van der Waals surface area contributed by atoms with Gasteiger partial charge in [0, 0.05) is 41.5 Å². The van der Waals surface area contributed by atoms with Crippen LogP contribution < -0.4 is 20.7 Å². The largest absolute Gasteiger partial charge is 0.573 e. The van der Waals surface area contributed by atoms with E-state index in [1.54, 1.807) is 36.5 Å². The molecule has 5 rings (SSSR count). The molecule has 0 spiro atoms. The Kier molecular flexibility index (Phi) is 7.87. The van der Waals surface area contributed by atoms with E-state index in [1.807, 2.05) is 6.07 Å². The summed E-state index contributed by atoms with van der Waals surface area (Å²) >= 11 is 0. The maximum absolute atomic E-state index is 12.9. The first kappa shape index (κ1) is 27.0. The molecule has 0 bridgehead atoms. The van der Waals surface area contributed by atoms with Crippen molar-refractivity contribution in [1.29, 1.82) is 0 Å². The number of nitrogens with zero attached hydrogens (tertiary/aromatic N) is 2. The molecule has 40 heavy (non-hydrogen) atoms. The van der Waals surface area contributed by atoms with Gasteiger partial charge in [0.2, 0.25) is 0 Å². The van der Waals surface area contributed by atoms with Crippen molar-refractivity contribution in [3.63, 3.8) is 0 Å². The average Bonchev–Trinajstić information content (AvgIpc) is 3.60. The van der Waals surface area contributed by atoms with Gasteiger partial charge in [0.1, 0.15) is 5.75 Å². The molecule has 3 amide bonds. The molecular weight excluding hydrogens is 525 g/mol. The maximum atomic E-state index is 12.9. The molecule has 0 unspecified atom stereocenters. The van der Waals surface area contributed by atoms with Crippen LogP contribution in [0.5, 0.6) is 5.75 Å². The van der Waals surface area contributed by atoms with Crippen molar-refractivity contribution < 1.29 is 27.5 Å². The summed E-state index contributed by atoms with van der Waals surface area (Å²) in [6.07, 6.45) is -0.750. The zero-order valence-corrected chi connectivity index (χ0v) is 21.3. The zero-order valence-electron chi connectivity index (χ0n) is 21.3. The summed E-state index contributed by atoms with van der Waals surface area (Å²) in [5.41, 5.74) is 3.43. The monoisotopic (exact) mass is 552 g/mol. The molecular formula is C28H27F3N6O3. The van der Waals surface area contributed by atoms with Gasteiger partial charge in [-0.25, -0.2) is 4.79 Å². The van der Waals surface area contributed by atoms with Crippen LogP contribution in [0.1, 0.15) is 23.2 Å². The number of hydrogen-bond donors (Lipinski definition) is 4. The van der Waals surface area contributed by atoms with Crippen LogP contribution >= 0.6 is 0 Å². The topological polar surface area (TPSA) is 111 Å². The van der Waals surface area contributed by atoms with Gasteiger partial charge in [0.25, 0.3) is 5.91 Å². The maximum Gasteiger partial charge on any atom is 0.573 e. The Morgan fingerprint density at radius 2 is 1.73 bits per heavy atom. The summed E-state index contributed by atoms with van der Waals surface area (Å²) in [5.74, 6) is -0.612. The van der Waals surface area contributed by atoms with E-state index in [0.29, 0.717) is 17.8 Å². The lowest BCUT2D eigenvalue weighted by molar-refractivity contribution is -0.274. The van der Waals surface area contributed by atoms with Crippen LogP contribution in [0.2, 0.25) is 0 Å². The number of carbonyl (C=O) groups excluding carboxylic acids is 2. The minimum absolute atomic E-state index is 0.133. The number of carbonyl (C=O) groups is 2. The van der Waals surface area contributed by atoms with E-state index in [9.17, 15) is 22.8 Å². The van der Waals surface area contributed by atoms with Gasteiger partial charge in [0.15, 0.2) is 0 Å². The number of hydrogen-bond acceptors (Lipinski definition) is 5. The second-order valence-electron chi connectivity index (χ2n) is 9.39. The summed E-state index contributed by atoms with van der Waals surface area (Å²) in [6, 6.07) is 14.9. The van der Waals surface area contributed by atoms with Crippen LogP contribution in [0, 0.1) is 0 Å². The van der Waals surface area contributed by atoms with E-state index >= 15 is 0 Å². The first-order valence-electron chi connectivity index (χ1n) is 12.8. The molecule has 3 aromatic carbocycles. The van der Waals surface area contributed by atoms with E-state index in [0.717, 1.165) is 53.8 Å². The van der Waals surface area contributed by atoms with Crippen LogP contribution in [0.4, 0.5) is 29.3 Å². The fourth-order valence-electron chi connectivity index (χ4n) is 4.65. The Hall–Kier alpha value is -4.58. The molecule has 0 radical (unpaired) electrons. The predicted octanol–water partition coefficient (Wildman–Crippen LogP) is 5.60. The summed E-state index contributed by atoms with van der Waals surface area (Å²) in [6.45, 7) is 3.52. The highest BCUT2D eigenvalue weighted by Gasteiger charge is 2.31. The number of aromatic amines is 1. The number of anilines is 2. The molecule has 1 aliphatic heterocycles. The van der Waals surface area contributed by atoms with Crippen molar-refractivity contribution >= 4 is 34.2 Å². The van der Waals surface area contributed by atoms with E-state index in [1.165, 1.54) is 25.0 Å². The quantitative estimate of drug-likeness (QED) is 0.228. The lowest BCUT2D eigenvalue weighted by Crippen LogP contribution is -2.33. The number of amides is 3. The average molecular weight is 553 g/mol. The molecule has 208 valence electrons. The molecule has 1 fully saturated rings. The van der Waals surface area contributed by atoms with Crippen LogP contribution in [-0.4, -0.2) is 59.6 Å². The summed E-state index contributed by atoms with van der Waals surface area (Å²) in [5, 5.41) is 16.0. The van der Waals surface area contributed by atoms with Gasteiger partial charge in [-0.15, -0.1) is 13.2 Å². The predicted molar refractivity (Wildman–Crippen MR) is 145 cm³/mol. The third kappa shape index (κ3) is 6.89. The second kappa shape index (κ2) is 11.7. The fraction of sp³-hybridized carbons (Fsp3) is 0.250. The normalized spacial score (nSPS) is 13.8. The van der Waals surface area contributed by atoms with Crippen molar-refractivity contribution in [3.05, 3.63) is 72.4 Å². The van der Waals surface area contributed by atoms with Gasteiger partial charge in [-0.05, 0) is 73.5 Å². The first-order valence-corrected chi connectivity index (χ1v) is 12.8. The first-order chi connectivity index (χ1) is 19.2. The standard InChI is InChI=1S/C28H27F3N6O3/c29-28(30,31)40-22-5-3-4-21(16-22)35-27(39)34-20-8-6-18(7-9-20)23-14-19(15-25-24(23)17-33-36-25)26(38)32-10-13-37-11-1-2-12-37/h3-9,14-17H,1-2,10-13H2,(H,32,38)(H,33,36)(H2,34,35,39). The summed E-state index contributed by atoms with van der Waals surface area (Å²) in [7, 11) is 0. The Bertz CT molecular complexity index is 1500. The van der Waals surface area contributed by atoms with Gasteiger partial charge < -0.3 is 25.6 Å². The van der Waals surface area contributed by atoms with Crippen LogP contribution in [0.3, 0.4) is 0 Å². The van der Waals surface area contributed by atoms with Crippen molar-refractivity contribution in [2.24, 2.45) is 0 Å². The van der Waals surface area contributed by atoms with E-state index in [4.69, 9.17) is 0 Å². The molecule has 0 aliphatic carbocycles. The molecule has 12 heteroatoms. The minimum atomic E-state index is -4.83. The number of aromatic nitrogens is 2. The van der Waals surface area contributed by atoms with E-state index in [2.05, 4.69) is 35.8 Å². The van der Waals surface area contributed by atoms with Crippen molar-refractivity contribution in [1.82, 2.24) is 20.4 Å². The zero-order chi connectivity index (χ0) is 28.1. The number of fused-ring (bicyclic) bond motifs is 1. The number of rotatable bonds is 8. The van der Waals surface area contributed by atoms with Gasteiger partial charge in [0.05, 0.1) is 11.7 Å². The van der Waals surface area contributed by atoms with Gasteiger partial charge in [-0.3, -0.25) is 9.89 Å². The minimum Gasteiger partial charge on any atom is -0.406 e. The van der Waals surface area contributed by atoms with Gasteiger partial charge in [-0.2, -0.15) is 5.10 Å². The molecule has 4 aromatic rings. The van der Waals surface area contributed by atoms with E-state index < -0.39 is 18.1 Å². The molecule has 9 nitrogen and oxygen atoms in total. The van der Waals surface area contributed by atoms with Crippen LogP contribution in [-0.2, 0) is 0 Å². The smallest absolute Gasteiger partial charge is 0.406 e. The second-order valence-corrected chi connectivity index (χ2v) is 9.39. The summed E-state index contributed by atoms with van der Waals surface area (Å²) < 4.78 is 41.3. The number of ether oxygens (including phenoxy) is 1. The lowest BCUT2D eigenvalue weighted by Gasteiger charge is -2.15. The van der Waals surface area contributed by atoms with Gasteiger partial charge in [-0.1, -0.05) is 18.2 Å². The van der Waals surface area contributed by atoms with Crippen LogP contribution in [0.25, 0.3) is 22.0 Å². The molecule has 1 aromatic heterocycles. The molecule has 4 N–H and O–H groups in total. The molecule has 1 aliphatic rings. The highest BCUT2D eigenvalue weighted by Crippen LogP contribution is 2.30. The molecule has 1 saturated heterocycles. The number of likely N-dealkylation sites (tertiary alicyclic amines) is 1. The van der Waals surface area contributed by atoms with Crippen molar-refractivity contribution in [3.8, 4) is 16.9 Å². The third-order valence-corrected chi connectivity index (χ3v) is 6.51. The number of halogens is 3. The Labute approximate surface area is 227 Å². The van der Waals surface area contributed by atoms with Crippen molar-refractivity contribution in [2.75, 3.05) is 36.8 Å². The number of alkyl halides is 3. The lowest BCUT2D eigenvalue weighted by atomic mass is 9.98. The fourth-order valence-corrected chi connectivity index (χ4v) is 4.65. The molecule has 2 heterocycles. The van der Waals surface area contributed by atoms with Gasteiger partial charge >= 0.3 is 12.4 Å². The highest BCUT2D eigenvalue weighted by molar-refractivity contribution is 6.04. The molecule has 0 atom stereocenters. The van der Waals surface area contributed by atoms with E-state index in [-0.39, 0.29) is 11.6 Å². The molecule has 0 saturated carbocycles. The highest BCUT2D eigenvalue weighted by atomic mass is 19.4. The Balaban J connectivity index is 1.25.